The van der Waals surface area contributed by atoms with Crippen molar-refractivity contribution in [3.05, 3.63) is 46.2 Å². The van der Waals surface area contributed by atoms with Gasteiger partial charge in [0.25, 0.3) is 0 Å². The minimum atomic E-state index is -1.05. The highest BCUT2D eigenvalue weighted by Crippen LogP contribution is 2.20. The molecular formula is C13H12N2O3S. The fraction of sp³-hybridized carbons (Fsp3) is 0.0769. The van der Waals surface area contributed by atoms with E-state index in [1.165, 1.54) is 29.5 Å². The van der Waals surface area contributed by atoms with Crippen molar-refractivity contribution in [1.29, 1.82) is 0 Å². The Labute approximate surface area is 113 Å². The summed E-state index contributed by atoms with van der Waals surface area (Å²) in [7, 11) is 0. The summed E-state index contributed by atoms with van der Waals surface area (Å²) in [4.78, 5) is 22.5. The zero-order valence-corrected chi connectivity index (χ0v) is 10.7. The maximum atomic E-state index is 11.8. The molecule has 1 amide bonds. The third-order valence-corrected chi connectivity index (χ3v) is 3.25. The van der Waals surface area contributed by atoms with Crippen LogP contribution in [0.2, 0.25) is 0 Å². The average molecular weight is 276 g/mol. The molecule has 2 rings (SSSR count). The Bertz CT molecular complexity index is 608. The number of nitrogens with one attached hydrogen (secondary N) is 1. The zero-order valence-electron chi connectivity index (χ0n) is 9.92. The lowest BCUT2D eigenvalue weighted by Crippen LogP contribution is -2.15. The Morgan fingerprint density at radius 1 is 1.32 bits per heavy atom. The quantitative estimate of drug-likeness (QED) is 0.746. The molecule has 4 N–H and O–H groups in total. The second-order valence-corrected chi connectivity index (χ2v) is 4.74. The van der Waals surface area contributed by atoms with Crippen molar-refractivity contribution in [2.45, 2.75) is 6.42 Å². The number of thiophene rings is 1. The van der Waals surface area contributed by atoms with Gasteiger partial charge in [0.05, 0.1) is 23.4 Å². The Hall–Kier alpha value is -2.34. The van der Waals surface area contributed by atoms with E-state index >= 15 is 0 Å². The topological polar surface area (TPSA) is 92.4 Å². The lowest BCUT2D eigenvalue weighted by molar-refractivity contribution is -0.115. The molecule has 1 heterocycles. The number of carbonyl (C=O) groups excluding carboxylic acids is 1. The van der Waals surface area contributed by atoms with Crippen molar-refractivity contribution in [3.8, 4) is 0 Å². The molecule has 0 bridgehead atoms. The minimum absolute atomic E-state index is 0.0910. The van der Waals surface area contributed by atoms with E-state index in [9.17, 15) is 9.59 Å². The fourth-order valence-electron chi connectivity index (χ4n) is 1.58. The number of nitrogens with two attached hydrogens (primary N) is 1. The summed E-state index contributed by atoms with van der Waals surface area (Å²) in [5.74, 6) is -1.24. The molecule has 6 heteroatoms. The first-order chi connectivity index (χ1) is 9.06. The standard InChI is InChI=1S/C13H12N2O3S/c14-10-6-9(13(17)18)1-2-11(10)15-12(16)5-8-3-4-19-7-8/h1-4,6-7H,5,14H2,(H,15,16)(H,17,18). The number of carboxylic acids is 1. The summed E-state index contributed by atoms with van der Waals surface area (Å²) in [6.07, 6.45) is 0.267. The molecule has 0 atom stereocenters. The lowest BCUT2D eigenvalue weighted by atomic mass is 10.1. The number of nitrogen functional groups attached to an aromatic ring is 1. The Balaban J connectivity index is 2.07. The van der Waals surface area contributed by atoms with E-state index in [1.54, 1.807) is 0 Å². The highest BCUT2D eigenvalue weighted by Gasteiger charge is 2.09. The molecule has 1 aromatic carbocycles. The van der Waals surface area contributed by atoms with Crippen LogP contribution in [0.15, 0.2) is 35.0 Å². The first-order valence-electron chi connectivity index (χ1n) is 5.50. The van der Waals surface area contributed by atoms with E-state index in [0.717, 1.165) is 5.56 Å². The second kappa shape index (κ2) is 5.53. The third kappa shape index (κ3) is 3.32. The van der Waals surface area contributed by atoms with Crippen LogP contribution in [-0.2, 0) is 11.2 Å². The van der Waals surface area contributed by atoms with Gasteiger partial charge in [-0.25, -0.2) is 4.79 Å². The number of anilines is 2. The Kier molecular flexibility index (Phi) is 3.82. The van der Waals surface area contributed by atoms with Gasteiger partial charge in [-0.2, -0.15) is 11.3 Å². The molecule has 0 aliphatic rings. The van der Waals surface area contributed by atoms with E-state index < -0.39 is 5.97 Å². The third-order valence-electron chi connectivity index (χ3n) is 2.52. The van der Waals surface area contributed by atoms with Crippen LogP contribution in [0.3, 0.4) is 0 Å². The van der Waals surface area contributed by atoms with Gasteiger partial charge in [0, 0.05) is 0 Å². The lowest BCUT2D eigenvalue weighted by Gasteiger charge is -2.08. The molecule has 0 aliphatic carbocycles. The summed E-state index contributed by atoms with van der Waals surface area (Å²) in [6.45, 7) is 0. The highest BCUT2D eigenvalue weighted by atomic mass is 32.1. The van der Waals surface area contributed by atoms with E-state index in [0.29, 0.717) is 5.69 Å². The number of rotatable bonds is 4. The van der Waals surface area contributed by atoms with Crippen molar-refractivity contribution in [3.63, 3.8) is 0 Å². The van der Waals surface area contributed by atoms with Gasteiger partial charge in [-0.1, -0.05) is 0 Å². The number of carbonyl (C=O) groups is 2. The normalized spacial score (nSPS) is 10.1. The van der Waals surface area contributed by atoms with E-state index in [4.69, 9.17) is 10.8 Å². The number of benzene rings is 1. The summed E-state index contributed by atoms with van der Waals surface area (Å²) in [5, 5.41) is 15.3. The molecule has 0 fully saturated rings. The molecule has 0 saturated carbocycles. The molecule has 1 aromatic heterocycles. The minimum Gasteiger partial charge on any atom is -0.478 e. The van der Waals surface area contributed by atoms with Gasteiger partial charge < -0.3 is 16.2 Å². The van der Waals surface area contributed by atoms with Crippen LogP contribution in [0.4, 0.5) is 11.4 Å². The van der Waals surface area contributed by atoms with Crippen LogP contribution in [-0.4, -0.2) is 17.0 Å². The van der Waals surface area contributed by atoms with Crippen LogP contribution in [0.25, 0.3) is 0 Å². The molecule has 0 spiro atoms. The number of hydrogen-bond acceptors (Lipinski definition) is 4. The smallest absolute Gasteiger partial charge is 0.335 e. The summed E-state index contributed by atoms with van der Waals surface area (Å²) in [6, 6.07) is 6.09. The molecule has 19 heavy (non-hydrogen) atoms. The van der Waals surface area contributed by atoms with Crippen molar-refractivity contribution in [2.75, 3.05) is 11.1 Å². The van der Waals surface area contributed by atoms with Gasteiger partial charge in [0.1, 0.15) is 0 Å². The molecule has 0 aliphatic heterocycles. The van der Waals surface area contributed by atoms with Gasteiger partial charge in [-0.05, 0) is 40.6 Å². The van der Waals surface area contributed by atoms with Crippen LogP contribution in [0, 0.1) is 0 Å². The van der Waals surface area contributed by atoms with Gasteiger partial charge in [-0.3, -0.25) is 4.79 Å². The molecule has 0 unspecified atom stereocenters. The summed E-state index contributed by atoms with van der Waals surface area (Å²) in [5.41, 5.74) is 7.39. The Morgan fingerprint density at radius 3 is 2.68 bits per heavy atom. The van der Waals surface area contributed by atoms with Gasteiger partial charge >= 0.3 is 5.97 Å². The van der Waals surface area contributed by atoms with Crippen molar-refractivity contribution in [1.82, 2.24) is 0 Å². The van der Waals surface area contributed by atoms with E-state index in [2.05, 4.69) is 5.32 Å². The molecule has 0 saturated heterocycles. The molecule has 5 nitrogen and oxygen atoms in total. The second-order valence-electron chi connectivity index (χ2n) is 3.96. The number of aromatic carboxylic acids is 1. The maximum Gasteiger partial charge on any atom is 0.335 e. The predicted octanol–water partition coefficient (Wildman–Crippen LogP) is 2.21. The van der Waals surface area contributed by atoms with Crippen molar-refractivity contribution in [2.24, 2.45) is 0 Å². The van der Waals surface area contributed by atoms with Crippen LogP contribution in [0.5, 0.6) is 0 Å². The van der Waals surface area contributed by atoms with Gasteiger partial charge in [-0.15, -0.1) is 0 Å². The fourth-order valence-corrected chi connectivity index (χ4v) is 2.25. The van der Waals surface area contributed by atoms with Gasteiger partial charge in [0.2, 0.25) is 5.91 Å². The number of hydrogen-bond donors (Lipinski definition) is 3. The number of amides is 1. The Morgan fingerprint density at radius 2 is 2.11 bits per heavy atom. The molecule has 98 valence electrons. The first kappa shape index (κ1) is 13.1. The summed E-state index contributed by atoms with van der Waals surface area (Å²) < 4.78 is 0. The van der Waals surface area contributed by atoms with E-state index in [1.807, 2.05) is 16.8 Å². The van der Waals surface area contributed by atoms with Crippen LogP contribution in [0.1, 0.15) is 15.9 Å². The predicted molar refractivity (Wildman–Crippen MR) is 74.5 cm³/mol. The van der Waals surface area contributed by atoms with Crippen molar-refractivity contribution < 1.29 is 14.7 Å². The SMILES string of the molecule is Nc1cc(C(=O)O)ccc1NC(=O)Cc1ccsc1. The van der Waals surface area contributed by atoms with Gasteiger partial charge in [0.15, 0.2) is 0 Å². The zero-order chi connectivity index (χ0) is 13.8. The van der Waals surface area contributed by atoms with Crippen LogP contribution < -0.4 is 11.1 Å². The average Bonchev–Trinajstić information content (AvgIpc) is 2.84. The largest absolute Gasteiger partial charge is 0.478 e. The number of carboxylic acid groups (broad SMARTS) is 1. The van der Waals surface area contributed by atoms with Crippen LogP contribution >= 0.6 is 11.3 Å². The maximum absolute atomic E-state index is 11.8. The first-order valence-corrected chi connectivity index (χ1v) is 6.44. The molecule has 2 aromatic rings. The molecular weight excluding hydrogens is 264 g/mol. The van der Waals surface area contributed by atoms with E-state index in [-0.39, 0.29) is 23.6 Å². The highest BCUT2D eigenvalue weighted by molar-refractivity contribution is 7.08. The summed E-state index contributed by atoms with van der Waals surface area (Å²) >= 11 is 1.53. The monoisotopic (exact) mass is 276 g/mol. The van der Waals surface area contributed by atoms with Crippen molar-refractivity contribution >= 4 is 34.6 Å². The molecule has 0 radical (unpaired) electrons.